The third-order valence-corrected chi connectivity index (χ3v) is 6.32. The number of carbonyl (C=O) groups is 1. The minimum atomic E-state index is -2.93. The first-order valence-corrected chi connectivity index (χ1v) is 9.18. The molecule has 0 aromatic heterocycles. The molecule has 0 bridgehead atoms. The van der Waals surface area contributed by atoms with Gasteiger partial charge in [0.2, 0.25) is 0 Å². The molecule has 1 aliphatic rings. The van der Waals surface area contributed by atoms with Crippen LogP contribution in [0.3, 0.4) is 0 Å². The SMILES string of the molecule is COC(=O)c1ccc(CNC2(C)CCS(=O)(=O)C2)c(Br)c1. The van der Waals surface area contributed by atoms with Crippen LogP contribution in [0, 0.1) is 0 Å². The maximum absolute atomic E-state index is 11.6. The van der Waals surface area contributed by atoms with Crippen molar-refractivity contribution in [2.75, 3.05) is 18.6 Å². The molecule has 1 heterocycles. The van der Waals surface area contributed by atoms with E-state index in [1.54, 1.807) is 12.1 Å². The van der Waals surface area contributed by atoms with Crippen molar-refractivity contribution < 1.29 is 17.9 Å². The van der Waals surface area contributed by atoms with Crippen LogP contribution < -0.4 is 5.32 Å². The van der Waals surface area contributed by atoms with Gasteiger partial charge in [-0.25, -0.2) is 13.2 Å². The van der Waals surface area contributed by atoms with E-state index in [9.17, 15) is 13.2 Å². The summed E-state index contributed by atoms with van der Waals surface area (Å²) in [6.07, 6.45) is 0.618. The van der Waals surface area contributed by atoms with E-state index in [0.717, 1.165) is 10.0 Å². The molecule has 1 N–H and O–H groups in total. The fourth-order valence-corrected chi connectivity index (χ4v) is 5.04. The number of sulfone groups is 1. The fourth-order valence-electron chi connectivity index (χ4n) is 2.39. The molecule has 0 amide bonds. The molecular weight excluding hydrogens is 358 g/mol. The van der Waals surface area contributed by atoms with Crippen molar-refractivity contribution in [2.24, 2.45) is 0 Å². The van der Waals surface area contributed by atoms with Crippen LogP contribution in [0.15, 0.2) is 22.7 Å². The van der Waals surface area contributed by atoms with Crippen molar-refractivity contribution in [1.29, 1.82) is 0 Å². The number of ether oxygens (including phenoxy) is 1. The van der Waals surface area contributed by atoms with Crippen molar-refractivity contribution in [3.63, 3.8) is 0 Å². The van der Waals surface area contributed by atoms with Crippen molar-refractivity contribution in [3.05, 3.63) is 33.8 Å². The first kappa shape index (κ1) is 16.5. The van der Waals surface area contributed by atoms with Gasteiger partial charge in [-0.15, -0.1) is 0 Å². The number of benzene rings is 1. The Bertz CT molecular complexity index is 659. The Balaban J connectivity index is 2.06. The fraction of sp³-hybridized carbons (Fsp3) is 0.500. The van der Waals surface area contributed by atoms with Gasteiger partial charge in [-0.3, -0.25) is 0 Å². The van der Waals surface area contributed by atoms with E-state index < -0.39 is 9.84 Å². The molecule has 7 heteroatoms. The van der Waals surface area contributed by atoms with Crippen molar-refractivity contribution in [3.8, 4) is 0 Å². The van der Waals surface area contributed by atoms with Gasteiger partial charge < -0.3 is 10.1 Å². The number of rotatable bonds is 4. The Morgan fingerprint density at radius 3 is 2.71 bits per heavy atom. The van der Waals surface area contributed by atoms with Gasteiger partial charge in [0, 0.05) is 16.6 Å². The van der Waals surface area contributed by atoms with Crippen LogP contribution in [0.2, 0.25) is 0 Å². The average molecular weight is 376 g/mol. The molecular formula is C14H18BrNO4S. The first-order chi connectivity index (χ1) is 9.75. The van der Waals surface area contributed by atoms with Gasteiger partial charge in [-0.2, -0.15) is 0 Å². The van der Waals surface area contributed by atoms with Crippen LogP contribution in [0.4, 0.5) is 0 Å². The molecule has 0 aliphatic carbocycles. The summed E-state index contributed by atoms with van der Waals surface area (Å²) >= 11 is 3.43. The van der Waals surface area contributed by atoms with E-state index in [-0.39, 0.29) is 23.0 Å². The molecule has 0 radical (unpaired) electrons. The molecule has 116 valence electrons. The zero-order valence-electron chi connectivity index (χ0n) is 12.0. The summed E-state index contributed by atoms with van der Waals surface area (Å²) in [4.78, 5) is 11.4. The second-order valence-electron chi connectivity index (χ2n) is 5.55. The predicted octanol–water partition coefficient (Wildman–Crippen LogP) is 1.90. The van der Waals surface area contributed by atoms with Crippen molar-refractivity contribution in [2.45, 2.75) is 25.4 Å². The minimum absolute atomic E-state index is 0.165. The van der Waals surface area contributed by atoms with Crippen molar-refractivity contribution >= 4 is 31.7 Å². The summed E-state index contributed by atoms with van der Waals surface area (Å²) in [6.45, 7) is 2.46. The molecule has 1 aromatic rings. The van der Waals surface area contributed by atoms with Crippen molar-refractivity contribution in [1.82, 2.24) is 5.32 Å². The van der Waals surface area contributed by atoms with E-state index in [1.807, 2.05) is 13.0 Å². The van der Waals surface area contributed by atoms with Crippen LogP contribution in [0.25, 0.3) is 0 Å². The van der Waals surface area contributed by atoms with Crippen LogP contribution in [0.1, 0.15) is 29.3 Å². The molecule has 2 rings (SSSR count). The summed E-state index contributed by atoms with van der Waals surface area (Å²) in [7, 11) is -1.58. The number of hydrogen-bond donors (Lipinski definition) is 1. The Morgan fingerprint density at radius 2 is 2.19 bits per heavy atom. The summed E-state index contributed by atoms with van der Waals surface area (Å²) < 4.78 is 28.6. The van der Waals surface area contributed by atoms with Gasteiger partial charge in [0.25, 0.3) is 0 Å². The Hall–Kier alpha value is -0.920. The van der Waals surface area contributed by atoms with Gasteiger partial charge in [0.15, 0.2) is 9.84 Å². The molecule has 0 spiro atoms. The van der Waals surface area contributed by atoms with E-state index >= 15 is 0 Å². The van der Waals surface area contributed by atoms with Crippen LogP contribution in [0.5, 0.6) is 0 Å². The summed E-state index contributed by atoms with van der Waals surface area (Å²) in [6, 6.07) is 5.23. The topological polar surface area (TPSA) is 72.5 Å². The van der Waals surface area contributed by atoms with E-state index in [1.165, 1.54) is 7.11 Å². The molecule has 21 heavy (non-hydrogen) atoms. The molecule has 1 saturated heterocycles. The largest absolute Gasteiger partial charge is 0.465 e. The monoisotopic (exact) mass is 375 g/mol. The average Bonchev–Trinajstić information content (AvgIpc) is 2.71. The van der Waals surface area contributed by atoms with Gasteiger partial charge >= 0.3 is 5.97 Å². The van der Waals surface area contributed by atoms with Crippen LogP contribution >= 0.6 is 15.9 Å². The zero-order chi connectivity index (χ0) is 15.7. The molecule has 1 unspecified atom stereocenters. The first-order valence-electron chi connectivity index (χ1n) is 6.57. The van der Waals surface area contributed by atoms with E-state index in [4.69, 9.17) is 0 Å². The summed E-state index contributed by atoms with van der Waals surface area (Å²) in [5.41, 5.74) is 1.05. The maximum Gasteiger partial charge on any atom is 0.337 e. The Kier molecular flexibility index (Phi) is 4.75. The lowest BCUT2D eigenvalue weighted by Crippen LogP contribution is -2.42. The summed E-state index contributed by atoms with van der Waals surface area (Å²) in [5, 5.41) is 3.31. The number of halogens is 1. The second-order valence-corrected chi connectivity index (χ2v) is 8.59. The smallest absolute Gasteiger partial charge is 0.337 e. The lowest BCUT2D eigenvalue weighted by atomic mass is 10.0. The molecule has 1 fully saturated rings. The minimum Gasteiger partial charge on any atom is -0.465 e. The van der Waals surface area contributed by atoms with Gasteiger partial charge in [-0.05, 0) is 31.0 Å². The zero-order valence-corrected chi connectivity index (χ0v) is 14.4. The van der Waals surface area contributed by atoms with Gasteiger partial charge in [-0.1, -0.05) is 22.0 Å². The van der Waals surface area contributed by atoms with Crippen LogP contribution in [-0.2, 0) is 21.1 Å². The van der Waals surface area contributed by atoms with Gasteiger partial charge in [0.05, 0.1) is 24.2 Å². The molecule has 1 aliphatic heterocycles. The quantitative estimate of drug-likeness (QED) is 0.813. The summed E-state index contributed by atoms with van der Waals surface area (Å²) in [5.74, 6) is 0.0145. The normalized spacial score (nSPS) is 24.0. The highest BCUT2D eigenvalue weighted by Gasteiger charge is 2.37. The molecule has 1 aromatic carbocycles. The highest BCUT2D eigenvalue weighted by atomic mass is 79.9. The maximum atomic E-state index is 11.6. The third kappa shape index (κ3) is 4.05. The molecule has 5 nitrogen and oxygen atoms in total. The number of methoxy groups -OCH3 is 1. The number of nitrogens with one attached hydrogen (secondary N) is 1. The Labute approximate surface area is 133 Å². The standard InChI is InChI=1S/C14H18BrNO4S/c1-14(5-6-21(18,19)9-14)16-8-11-4-3-10(7-12(11)15)13(17)20-2/h3-4,7,16H,5-6,8-9H2,1-2H3. The molecule has 1 atom stereocenters. The highest BCUT2D eigenvalue weighted by molar-refractivity contribution is 9.10. The van der Waals surface area contributed by atoms with E-state index in [2.05, 4.69) is 26.0 Å². The lowest BCUT2D eigenvalue weighted by molar-refractivity contribution is 0.0600. The number of carbonyl (C=O) groups excluding carboxylic acids is 1. The third-order valence-electron chi connectivity index (χ3n) is 3.68. The number of esters is 1. The lowest BCUT2D eigenvalue weighted by Gasteiger charge is -2.24. The van der Waals surface area contributed by atoms with Gasteiger partial charge in [0.1, 0.15) is 0 Å². The highest BCUT2D eigenvalue weighted by Crippen LogP contribution is 2.25. The Morgan fingerprint density at radius 1 is 1.48 bits per heavy atom. The second kappa shape index (κ2) is 6.06. The molecule has 0 saturated carbocycles. The van der Waals surface area contributed by atoms with E-state index in [0.29, 0.717) is 18.5 Å². The number of hydrogen-bond acceptors (Lipinski definition) is 5. The van der Waals surface area contributed by atoms with Crippen LogP contribution in [-0.4, -0.2) is 38.5 Å². The predicted molar refractivity (Wildman–Crippen MR) is 84.0 cm³/mol.